The summed E-state index contributed by atoms with van der Waals surface area (Å²) in [5.41, 5.74) is 2.69. The molecule has 0 aromatic heterocycles. The number of aliphatic hydroxyl groups excluding tert-OH is 1. The lowest BCUT2D eigenvalue weighted by molar-refractivity contribution is 0.0916. The normalized spacial score (nSPS) is 12.0. The van der Waals surface area contributed by atoms with Crippen molar-refractivity contribution in [3.05, 3.63) is 69.7 Å². The van der Waals surface area contributed by atoms with Crippen molar-refractivity contribution in [2.45, 2.75) is 19.4 Å². The molecule has 0 aliphatic rings. The van der Waals surface area contributed by atoms with Crippen LogP contribution in [0.4, 0.5) is 0 Å². The molecule has 2 N–H and O–H groups in total. The zero-order valence-corrected chi connectivity index (χ0v) is 13.4. The maximum atomic E-state index is 12.3. The van der Waals surface area contributed by atoms with Crippen molar-refractivity contribution in [1.29, 1.82) is 0 Å². The molecular weight excluding hydrogens is 330 g/mol. The van der Waals surface area contributed by atoms with Crippen molar-refractivity contribution in [2.75, 3.05) is 6.61 Å². The third-order valence-corrected chi connectivity index (χ3v) is 3.64. The van der Waals surface area contributed by atoms with E-state index in [1.54, 1.807) is 6.07 Å². The smallest absolute Gasteiger partial charge is 0.251 e. The molecule has 2 rings (SSSR count). The molecule has 0 fully saturated rings. The summed E-state index contributed by atoms with van der Waals surface area (Å²) in [6.07, 6.45) is 0.607. The van der Waals surface area contributed by atoms with Gasteiger partial charge in [0.1, 0.15) is 0 Å². The third kappa shape index (κ3) is 4.69. The summed E-state index contributed by atoms with van der Waals surface area (Å²) in [4.78, 5) is 12.3. The number of rotatable bonds is 5. The Morgan fingerprint density at radius 1 is 1.24 bits per heavy atom. The van der Waals surface area contributed by atoms with E-state index < -0.39 is 0 Å². The average molecular weight is 348 g/mol. The predicted molar refractivity (Wildman–Crippen MR) is 87.4 cm³/mol. The molecule has 2 aromatic rings. The minimum Gasteiger partial charge on any atom is -0.394 e. The SMILES string of the molecule is Cc1cc(Br)cc(C(=O)N[C@H](CO)Cc2ccccc2)c1. The molecule has 21 heavy (non-hydrogen) atoms. The molecule has 2 aromatic carbocycles. The zero-order chi connectivity index (χ0) is 15.2. The van der Waals surface area contributed by atoms with Gasteiger partial charge in [0.15, 0.2) is 0 Å². The molecule has 4 heteroatoms. The summed E-state index contributed by atoms with van der Waals surface area (Å²) < 4.78 is 0.872. The van der Waals surface area contributed by atoms with Gasteiger partial charge in [-0.05, 0) is 42.7 Å². The van der Waals surface area contributed by atoms with Gasteiger partial charge in [-0.1, -0.05) is 46.3 Å². The van der Waals surface area contributed by atoms with Crippen LogP contribution in [0.25, 0.3) is 0 Å². The molecule has 3 nitrogen and oxygen atoms in total. The largest absolute Gasteiger partial charge is 0.394 e. The fourth-order valence-corrected chi connectivity index (χ4v) is 2.80. The molecule has 1 atom stereocenters. The van der Waals surface area contributed by atoms with Crippen LogP contribution < -0.4 is 5.32 Å². The van der Waals surface area contributed by atoms with Gasteiger partial charge < -0.3 is 10.4 Å². The Kier molecular flexibility index (Phi) is 5.53. The molecule has 0 heterocycles. The number of benzene rings is 2. The lowest BCUT2D eigenvalue weighted by Gasteiger charge is -2.17. The summed E-state index contributed by atoms with van der Waals surface area (Å²) in [5, 5.41) is 12.3. The van der Waals surface area contributed by atoms with Crippen LogP contribution in [0.15, 0.2) is 53.0 Å². The highest BCUT2D eigenvalue weighted by Gasteiger charge is 2.14. The van der Waals surface area contributed by atoms with E-state index in [0.717, 1.165) is 15.6 Å². The van der Waals surface area contributed by atoms with Gasteiger partial charge in [0.2, 0.25) is 0 Å². The first-order valence-electron chi connectivity index (χ1n) is 6.81. The fourth-order valence-electron chi connectivity index (χ4n) is 2.20. The summed E-state index contributed by atoms with van der Waals surface area (Å²) in [5.74, 6) is -0.172. The maximum Gasteiger partial charge on any atom is 0.251 e. The van der Waals surface area contributed by atoms with Gasteiger partial charge in [-0.15, -0.1) is 0 Å². The summed E-state index contributed by atoms with van der Waals surface area (Å²) >= 11 is 3.39. The van der Waals surface area contributed by atoms with Crippen LogP contribution in [0.3, 0.4) is 0 Å². The van der Waals surface area contributed by atoms with E-state index in [2.05, 4.69) is 21.2 Å². The quantitative estimate of drug-likeness (QED) is 0.872. The van der Waals surface area contributed by atoms with Crippen molar-refractivity contribution in [3.8, 4) is 0 Å². The highest BCUT2D eigenvalue weighted by molar-refractivity contribution is 9.10. The van der Waals surface area contributed by atoms with Crippen LogP contribution in [-0.2, 0) is 6.42 Å². The molecule has 0 saturated carbocycles. The lowest BCUT2D eigenvalue weighted by atomic mass is 10.1. The van der Waals surface area contributed by atoms with Crippen molar-refractivity contribution in [2.24, 2.45) is 0 Å². The number of carbonyl (C=O) groups is 1. The van der Waals surface area contributed by atoms with Crippen LogP contribution in [0.2, 0.25) is 0 Å². The Labute approximate surface area is 133 Å². The number of hydrogen-bond donors (Lipinski definition) is 2. The number of aliphatic hydroxyl groups is 1. The summed E-state index contributed by atoms with van der Waals surface area (Å²) in [6, 6.07) is 15.1. The molecule has 0 aliphatic heterocycles. The molecule has 110 valence electrons. The van der Waals surface area contributed by atoms with E-state index >= 15 is 0 Å². The molecular formula is C17H18BrNO2. The Hall–Kier alpha value is -1.65. The van der Waals surface area contributed by atoms with E-state index in [1.807, 2.05) is 49.4 Å². The molecule has 0 bridgehead atoms. The number of aryl methyl sites for hydroxylation is 1. The second-order valence-corrected chi connectivity index (χ2v) is 5.98. The van der Waals surface area contributed by atoms with Gasteiger partial charge in [-0.3, -0.25) is 4.79 Å². The van der Waals surface area contributed by atoms with Crippen LogP contribution in [0, 0.1) is 6.92 Å². The molecule has 0 aliphatic carbocycles. The van der Waals surface area contributed by atoms with E-state index in [0.29, 0.717) is 12.0 Å². The Bertz CT molecular complexity index is 593. The predicted octanol–water partition coefficient (Wildman–Crippen LogP) is 3.09. The van der Waals surface area contributed by atoms with Crippen molar-refractivity contribution < 1.29 is 9.90 Å². The lowest BCUT2D eigenvalue weighted by Crippen LogP contribution is -2.39. The first-order valence-corrected chi connectivity index (χ1v) is 7.60. The number of hydrogen-bond acceptors (Lipinski definition) is 2. The van der Waals surface area contributed by atoms with Gasteiger partial charge in [-0.2, -0.15) is 0 Å². The van der Waals surface area contributed by atoms with Gasteiger partial charge in [0.25, 0.3) is 5.91 Å². The van der Waals surface area contributed by atoms with Gasteiger partial charge in [-0.25, -0.2) is 0 Å². The third-order valence-electron chi connectivity index (χ3n) is 3.18. The molecule has 0 radical (unpaired) electrons. The number of amides is 1. The van der Waals surface area contributed by atoms with Gasteiger partial charge >= 0.3 is 0 Å². The maximum absolute atomic E-state index is 12.3. The molecule has 0 spiro atoms. The minimum atomic E-state index is -0.292. The number of carbonyl (C=O) groups excluding carboxylic acids is 1. The number of nitrogens with one attached hydrogen (secondary N) is 1. The zero-order valence-electron chi connectivity index (χ0n) is 11.8. The molecule has 0 saturated heterocycles. The van der Waals surface area contributed by atoms with E-state index in [9.17, 15) is 9.90 Å². The van der Waals surface area contributed by atoms with Crippen LogP contribution in [0.5, 0.6) is 0 Å². The first kappa shape index (κ1) is 15.7. The van der Waals surface area contributed by atoms with Gasteiger partial charge in [0.05, 0.1) is 12.6 Å². The summed E-state index contributed by atoms with van der Waals surface area (Å²) in [7, 11) is 0. The van der Waals surface area contributed by atoms with Crippen molar-refractivity contribution in [1.82, 2.24) is 5.32 Å². The first-order chi connectivity index (χ1) is 10.1. The summed E-state index contributed by atoms with van der Waals surface area (Å²) in [6.45, 7) is 1.85. The molecule has 1 amide bonds. The number of halogens is 1. The Morgan fingerprint density at radius 3 is 2.57 bits per heavy atom. The van der Waals surface area contributed by atoms with E-state index in [4.69, 9.17) is 0 Å². The van der Waals surface area contributed by atoms with Crippen molar-refractivity contribution >= 4 is 21.8 Å². The minimum absolute atomic E-state index is 0.0897. The average Bonchev–Trinajstić information content (AvgIpc) is 2.46. The monoisotopic (exact) mass is 347 g/mol. The van der Waals surface area contributed by atoms with Crippen LogP contribution >= 0.6 is 15.9 Å². The van der Waals surface area contributed by atoms with E-state index in [-0.39, 0.29) is 18.6 Å². The van der Waals surface area contributed by atoms with E-state index in [1.165, 1.54) is 0 Å². The molecule has 0 unspecified atom stereocenters. The highest BCUT2D eigenvalue weighted by atomic mass is 79.9. The fraction of sp³-hybridized carbons (Fsp3) is 0.235. The topological polar surface area (TPSA) is 49.3 Å². The second-order valence-electron chi connectivity index (χ2n) is 5.06. The Balaban J connectivity index is 2.05. The second kappa shape index (κ2) is 7.38. The van der Waals surface area contributed by atoms with Crippen molar-refractivity contribution in [3.63, 3.8) is 0 Å². The van der Waals surface area contributed by atoms with Gasteiger partial charge in [0, 0.05) is 10.0 Å². The standard InChI is InChI=1S/C17H18BrNO2/c1-12-7-14(10-15(18)8-12)17(21)19-16(11-20)9-13-5-3-2-4-6-13/h2-8,10,16,20H,9,11H2,1H3,(H,19,21)/t16-/m0/s1. The van der Waals surface area contributed by atoms with Crippen LogP contribution in [-0.4, -0.2) is 23.7 Å². The Morgan fingerprint density at radius 2 is 1.95 bits per heavy atom. The van der Waals surface area contributed by atoms with Crippen LogP contribution in [0.1, 0.15) is 21.5 Å². The highest BCUT2D eigenvalue weighted by Crippen LogP contribution is 2.15.